The van der Waals surface area contributed by atoms with Crippen LogP contribution in [0.1, 0.15) is 20.8 Å². The number of methoxy groups -OCH3 is 1. The Morgan fingerprint density at radius 2 is 0.455 bits per heavy atom. The summed E-state index contributed by atoms with van der Waals surface area (Å²) in [6, 6.07) is 0. The third-order valence-electron chi connectivity index (χ3n) is 6.87. The highest BCUT2D eigenvalue weighted by Gasteiger charge is 2.19. The summed E-state index contributed by atoms with van der Waals surface area (Å²) < 4.78 is 66.3. The molecule has 13 heteroatoms. The lowest BCUT2D eigenvalue weighted by atomic mass is 10.3. The van der Waals surface area contributed by atoms with Crippen molar-refractivity contribution in [1.82, 2.24) is 0 Å². The van der Waals surface area contributed by atoms with Gasteiger partial charge in [-0.3, -0.25) is 0 Å². The molecule has 0 aromatic carbocycles. The molecule has 0 aromatic rings. The van der Waals surface area contributed by atoms with Crippen molar-refractivity contribution in [3.05, 3.63) is 0 Å². The summed E-state index contributed by atoms with van der Waals surface area (Å²) in [6.45, 7) is 24.0. The van der Waals surface area contributed by atoms with Crippen LogP contribution < -0.4 is 0 Å². The molecular formula is C31H66NO12+. The fraction of sp³-hybridized carbons (Fsp3) is 1.00. The molecule has 0 unspecified atom stereocenters. The van der Waals surface area contributed by atoms with E-state index in [9.17, 15) is 0 Å². The summed E-state index contributed by atoms with van der Waals surface area (Å²) in [5.74, 6) is 0. The maximum atomic E-state index is 5.72. The van der Waals surface area contributed by atoms with E-state index >= 15 is 0 Å². The second kappa shape index (κ2) is 36.9. The van der Waals surface area contributed by atoms with E-state index in [2.05, 4.69) is 20.8 Å². The Kier molecular flexibility index (Phi) is 36.5. The minimum atomic E-state index is 0.519. The van der Waals surface area contributed by atoms with E-state index in [0.29, 0.717) is 145 Å². The Balaban J connectivity index is 3.11. The predicted octanol–water partition coefficient (Wildman–Crippen LogP) is 1.69. The summed E-state index contributed by atoms with van der Waals surface area (Å²) in [4.78, 5) is 0. The molecule has 44 heavy (non-hydrogen) atoms. The van der Waals surface area contributed by atoms with E-state index in [4.69, 9.17) is 56.8 Å². The number of ether oxygens (including phenoxy) is 12. The van der Waals surface area contributed by atoms with E-state index in [1.807, 2.05) is 0 Å². The summed E-state index contributed by atoms with van der Waals surface area (Å²) >= 11 is 0. The summed E-state index contributed by atoms with van der Waals surface area (Å²) in [7, 11) is 1.65. The highest BCUT2D eigenvalue weighted by atomic mass is 16.6. The molecule has 0 rings (SSSR count). The van der Waals surface area contributed by atoms with Crippen LogP contribution in [0, 0.1) is 0 Å². The van der Waals surface area contributed by atoms with Crippen molar-refractivity contribution >= 4 is 0 Å². The quantitative estimate of drug-likeness (QED) is 0.0718. The molecule has 0 aliphatic rings. The second-order valence-corrected chi connectivity index (χ2v) is 9.74. The number of quaternary nitrogens is 1. The van der Waals surface area contributed by atoms with Crippen LogP contribution in [-0.2, 0) is 56.8 Å². The maximum absolute atomic E-state index is 5.72. The molecular weight excluding hydrogens is 578 g/mol. The monoisotopic (exact) mass is 644 g/mol. The van der Waals surface area contributed by atoms with Crippen LogP contribution in [0.15, 0.2) is 0 Å². The van der Waals surface area contributed by atoms with Gasteiger partial charge in [-0.1, -0.05) is 0 Å². The average molecular weight is 645 g/mol. The molecule has 0 aliphatic carbocycles. The zero-order valence-corrected chi connectivity index (χ0v) is 28.4. The molecule has 0 spiro atoms. The highest BCUT2D eigenvalue weighted by Crippen LogP contribution is 2.05. The first kappa shape index (κ1) is 43.5. The number of hydrogen-bond donors (Lipinski definition) is 0. The molecule has 0 aliphatic heterocycles. The molecule has 0 fully saturated rings. The first-order valence-corrected chi connectivity index (χ1v) is 16.4. The molecule has 0 N–H and O–H groups in total. The van der Waals surface area contributed by atoms with Crippen LogP contribution >= 0.6 is 0 Å². The normalized spacial score (nSPS) is 12.0. The van der Waals surface area contributed by atoms with Crippen molar-refractivity contribution < 1.29 is 61.3 Å². The van der Waals surface area contributed by atoms with Gasteiger partial charge in [0, 0.05) is 7.11 Å². The minimum absolute atomic E-state index is 0.519. The third kappa shape index (κ3) is 31.5. The zero-order chi connectivity index (χ0) is 32.1. The molecule has 0 saturated carbocycles. The van der Waals surface area contributed by atoms with Crippen molar-refractivity contribution in [3.8, 4) is 0 Å². The molecule has 266 valence electrons. The van der Waals surface area contributed by atoms with Crippen LogP contribution in [0.5, 0.6) is 0 Å². The van der Waals surface area contributed by atoms with Crippen molar-refractivity contribution in [3.63, 3.8) is 0 Å². The molecule has 0 saturated heterocycles. The molecule has 0 atom stereocenters. The molecule has 0 heterocycles. The van der Waals surface area contributed by atoms with Gasteiger partial charge in [0.05, 0.1) is 172 Å². The lowest BCUT2D eigenvalue weighted by molar-refractivity contribution is -0.923. The van der Waals surface area contributed by atoms with E-state index in [-0.39, 0.29) is 0 Å². The van der Waals surface area contributed by atoms with Gasteiger partial charge in [0.15, 0.2) is 0 Å². The minimum Gasteiger partial charge on any atom is -0.382 e. The highest BCUT2D eigenvalue weighted by molar-refractivity contribution is 4.41. The van der Waals surface area contributed by atoms with Crippen molar-refractivity contribution in [2.45, 2.75) is 20.8 Å². The first-order valence-electron chi connectivity index (χ1n) is 16.4. The van der Waals surface area contributed by atoms with Crippen LogP contribution in [0.2, 0.25) is 0 Å². The fourth-order valence-corrected chi connectivity index (χ4v) is 3.85. The maximum Gasteiger partial charge on any atom is 0.102 e. The van der Waals surface area contributed by atoms with Crippen LogP contribution in [0.4, 0.5) is 0 Å². The first-order chi connectivity index (χ1) is 21.7. The summed E-state index contributed by atoms with van der Waals surface area (Å²) in [5, 5.41) is 0. The Hall–Kier alpha value is -0.520. The van der Waals surface area contributed by atoms with E-state index in [1.54, 1.807) is 7.11 Å². The van der Waals surface area contributed by atoms with Gasteiger partial charge in [-0.15, -0.1) is 0 Å². The van der Waals surface area contributed by atoms with Gasteiger partial charge in [0.1, 0.15) is 6.54 Å². The Morgan fingerprint density at radius 1 is 0.273 bits per heavy atom. The summed E-state index contributed by atoms with van der Waals surface area (Å²) in [6.07, 6.45) is 0. The zero-order valence-electron chi connectivity index (χ0n) is 28.4. The van der Waals surface area contributed by atoms with Crippen LogP contribution in [-0.4, -0.2) is 190 Å². The smallest absolute Gasteiger partial charge is 0.102 e. The second-order valence-electron chi connectivity index (χ2n) is 9.74. The Morgan fingerprint density at radius 3 is 0.636 bits per heavy atom. The average Bonchev–Trinajstić information content (AvgIpc) is 3.05. The molecule has 0 radical (unpaired) electrons. The largest absolute Gasteiger partial charge is 0.382 e. The lowest BCUT2D eigenvalue weighted by Crippen LogP contribution is -2.49. The number of hydrogen-bond acceptors (Lipinski definition) is 12. The Bertz CT molecular complexity index is 524. The van der Waals surface area contributed by atoms with Crippen molar-refractivity contribution in [1.29, 1.82) is 0 Å². The van der Waals surface area contributed by atoms with Crippen molar-refractivity contribution in [2.75, 3.05) is 185 Å². The SMILES string of the molecule is CC[N+](CC)(CC)CCOCCOCCOCCOCCOCCOCCOCCOCCOCCOCCOCCOC. The molecule has 13 nitrogen and oxygen atoms in total. The topological polar surface area (TPSA) is 111 Å². The molecule has 0 aromatic heterocycles. The van der Waals surface area contributed by atoms with Gasteiger partial charge < -0.3 is 61.3 Å². The Labute approximate surface area is 267 Å². The van der Waals surface area contributed by atoms with Gasteiger partial charge in [-0.05, 0) is 20.8 Å². The van der Waals surface area contributed by atoms with Gasteiger partial charge in [0.25, 0.3) is 0 Å². The van der Waals surface area contributed by atoms with E-state index in [0.717, 1.165) is 37.3 Å². The van der Waals surface area contributed by atoms with E-state index < -0.39 is 0 Å². The van der Waals surface area contributed by atoms with E-state index in [1.165, 1.54) is 0 Å². The van der Waals surface area contributed by atoms with Gasteiger partial charge in [-0.25, -0.2) is 0 Å². The van der Waals surface area contributed by atoms with Crippen LogP contribution in [0.3, 0.4) is 0 Å². The lowest BCUT2D eigenvalue weighted by Gasteiger charge is -2.35. The van der Waals surface area contributed by atoms with Gasteiger partial charge in [-0.2, -0.15) is 0 Å². The number of rotatable bonds is 39. The van der Waals surface area contributed by atoms with Crippen LogP contribution in [0.25, 0.3) is 0 Å². The fourth-order valence-electron chi connectivity index (χ4n) is 3.85. The standard InChI is InChI=1S/C31H66NO12/c1-5-32(6-2,7-3)8-9-34-12-13-36-16-17-38-20-21-40-24-25-42-28-29-44-31-30-43-27-26-41-23-22-39-19-18-37-15-14-35-11-10-33-4/h5-31H2,1-4H3/q+1. The third-order valence-corrected chi connectivity index (χ3v) is 6.87. The predicted molar refractivity (Wildman–Crippen MR) is 168 cm³/mol. The molecule has 0 amide bonds. The molecule has 0 bridgehead atoms. The number of nitrogens with zero attached hydrogens (tertiary/aromatic N) is 1. The van der Waals surface area contributed by atoms with Crippen molar-refractivity contribution in [2.24, 2.45) is 0 Å². The summed E-state index contributed by atoms with van der Waals surface area (Å²) in [5.41, 5.74) is 0. The number of likely N-dealkylation sites (N-methyl/N-ethyl adjacent to an activating group) is 1. The van der Waals surface area contributed by atoms with Gasteiger partial charge in [0.2, 0.25) is 0 Å². The van der Waals surface area contributed by atoms with Gasteiger partial charge >= 0.3 is 0 Å².